The Morgan fingerprint density at radius 1 is 1.67 bits per heavy atom. The minimum absolute atomic E-state index is 0.0630. The summed E-state index contributed by atoms with van der Waals surface area (Å²) in [6.07, 6.45) is 2.31. The molecule has 2 N–H and O–H groups in total. The first-order valence-corrected chi connectivity index (χ1v) is 5.03. The van der Waals surface area contributed by atoms with E-state index in [9.17, 15) is 4.79 Å². The molecule has 0 aliphatic rings. The highest BCUT2D eigenvalue weighted by Gasteiger charge is 2.10. The number of carbonyl (C=O) groups is 1. The zero-order chi connectivity index (χ0) is 11.3. The smallest absolute Gasteiger partial charge is 0.338 e. The van der Waals surface area contributed by atoms with Gasteiger partial charge in [0, 0.05) is 12.7 Å². The summed E-state index contributed by atoms with van der Waals surface area (Å²) in [6, 6.07) is 3.29. The van der Waals surface area contributed by atoms with Crippen LogP contribution in [0.5, 0.6) is 0 Å². The van der Waals surface area contributed by atoms with Crippen molar-refractivity contribution in [2.75, 3.05) is 0 Å². The second kappa shape index (κ2) is 5.46. The summed E-state index contributed by atoms with van der Waals surface area (Å²) < 4.78 is 5.18. The Morgan fingerprint density at radius 2 is 2.40 bits per heavy atom. The molecule has 0 radical (unpaired) electrons. The summed E-state index contributed by atoms with van der Waals surface area (Å²) in [5.74, 6) is -0.318. The first-order chi connectivity index (χ1) is 7.17. The number of esters is 1. The van der Waals surface area contributed by atoms with Gasteiger partial charge in [-0.05, 0) is 25.5 Å². The summed E-state index contributed by atoms with van der Waals surface area (Å²) in [5, 5.41) is 0. The first kappa shape index (κ1) is 11.7. The van der Waals surface area contributed by atoms with Crippen LogP contribution in [0.4, 0.5) is 0 Å². The van der Waals surface area contributed by atoms with Gasteiger partial charge < -0.3 is 10.5 Å². The largest absolute Gasteiger partial charge is 0.459 e. The molecule has 4 heteroatoms. The molecule has 0 aromatic carbocycles. The van der Waals surface area contributed by atoms with Crippen LogP contribution >= 0.6 is 0 Å². The van der Waals surface area contributed by atoms with Crippen molar-refractivity contribution in [3.8, 4) is 0 Å². The number of nitrogens with two attached hydrogens (primary N) is 1. The molecule has 0 aliphatic heterocycles. The van der Waals surface area contributed by atoms with Crippen LogP contribution in [-0.2, 0) is 11.3 Å². The molecule has 0 saturated heterocycles. The predicted molar refractivity (Wildman–Crippen MR) is 57.3 cm³/mol. The standard InChI is InChI=1S/C11H16N2O2/c1-3-8(2)15-11(14)9-4-5-13-10(6-9)7-12/h4-6,8H,3,7,12H2,1-2H3. The van der Waals surface area contributed by atoms with Crippen LogP contribution < -0.4 is 5.73 Å². The molecule has 1 atom stereocenters. The van der Waals surface area contributed by atoms with E-state index in [-0.39, 0.29) is 12.1 Å². The van der Waals surface area contributed by atoms with Gasteiger partial charge in [0.2, 0.25) is 0 Å². The van der Waals surface area contributed by atoms with Crippen LogP contribution in [0.3, 0.4) is 0 Å². The first-order valence-electron chi connectivity index (χ1n) is 5.03. The Hall–Kier alpha value is -1.42. The van der Waals surface area contributed by atoms with Gasteiger partial charge in [-0.25, -0.2) is 4.79 Å². The maximum Gasteiger partial charge on any atom is 0.338 e. The molecule has 0 aliphatic carbocycles. The molecule has 1 aromatic rings. The van der Waals surface area contributed by atoms with Crippen LogP contribution in [0.15, 0.2) is 18.3 Å². The summed E-state index contributed by atoms with van der Waals surface area (Å²) in [5.41, 5.74) is 6.63. The van der Waals surface area contributed by atoms with Crippen molar-refractivity contribution in [3.05, 3.63) is 29.6 Å². The van der Waals surface area contributed by atoms with Crippen LogP contribution in [0.25, 0.3) is 0 Å². The van der Waals surface area contributed by atoms with E-state index in [4.69, 9.17) is 10.5 Å². The van der Waals surface area contributed by atoms with Crippen LogP contribution in [0, 0.1) is 0 Å². The number of carbonyl (C=O) groups excluding carboxylic acids is 1. The second-order valence-electron chi connectivity index (χ2n) is 3.36. The maximum atomic E-state index is 11.6. The molecule has 4 nitrogen and oxygen atoms in total. The molecular formula is C11H16N2O2. The fraction of sp³-hybridized carbons (Fsp3) is 0.455. The Kier molecular flexibility index (Phi) is 4.24. The average Bonchev–Trinajstić information content (AvgIpc) is 2.28. The molecule has 0 fully saturated rings. The molecule has 0 spiro atoms. The van der Waals surface area contributed by atoms with E-state index in [2.05, 4.69) is 4.98 Å². The third kappa shape index (κ3) is 3.32. The fourth-order valence-corrected chi connectivity index (χ4v) is 1.05. The van der Waals surface area contributed by atoms with Crippen molar-refractivity contribution in [2.24, 2.45) is 5.73 Å². The average molecular weight is 208 g/mol. The van der Waals surface area contributed by atoms with Crippen molar-refractivity contribution in [3.63, 3.8) is 0 Å². The molecule has 1 aromatic heterocycles. The number of rotatable bonds is 4. The van der Waals surface area contributed by atoms with Gasteiger partial charge in [0.25, 0.3) is 0 Å². The van der Waals surface area contributed by atoms with Crippen molar-refractivity contribution < 1.29 is 9.53 Å². The van der Waals surface area contributed by atoms with Gasteiger partial charge in [-0.1, -0.05) is 6.92 Å². The molecule has 1 rings (SSSR count). The molecule has 1 unspecified atom stereocenters. The van der Waals surface area contributed by atoms with E-state index >= 15 is 0 Å². The van der Waals surface area contributed by atoms with Gasteiger partial charge in [0.1, 0.15) is 0 Å². The summed E-state index contributed by atoms with van der Waals surface area (Å²) in [6.45, 7) is 4.16. The number of aromatic nitrogens is 1. The molecule has 0 saturated carbocycles. The van der Waals surface area contributed by atoms with Gasteiger partial charge in [-0.2, -0.15) is 0 Å². The molecule has 82 valence electrons. The summed E-state index contributed by atoms with van der Waals surface area (Å²) >= 11 is 0. The van der Waals surface area contributed by atoms with Crippen LogP contribution in [0.2, 0.25) is 0 Å². The van der Waals surface area contributed by atoms with Crippen molar-refractivity contribution in [1.29, 1.82) is 0 Å². The molecule has 15 heavy (non-hydrogen) atoms. The highest BCUT2D eigenvalue weighted by atomic mass is 16.5. The lowest BCUT2D eigenvalue weighted by Gasteiger charge is -2.10. The third-order valence-corrected chi connectivity index (χ3v) is 2.14. The molecular weight excluding hydrogens is 192 g/mol. The number of nitrogens with zero attached hydrogens (tertiary/aromatic N) is 1. The Bertz CT molecular complexity index is 339. The van der Waals surface area contributed by atoms with Gasteiger partial charge in [0.05, 0.1) is 17.4 Å². The summed E-state index contributed by atoms with van der Waals surface area (Å²) in [7, 11) is 0. The van der Waals surface area contributed by atoms with E-state index in [1.54, 1.807) is 18.3 Å². The predicted octanol–water partition coefficient (Wildman–Crippen LogP) is 1.50. The van der Waals surface area contributed by atoms with E-state index in [1.807, 2.05) is 13.8 Å². The number of hydrogen-bond acceptors (Lipinski definition) is 4. The highest BCUT2D eigenvalue weighted by molar-refractivity contribution is 5.89. The Labute approximate surface area is 89.5 Å². The fourth-order valence-electron chi connectivity index (χ4n) is 1.05. The zero-order valence-electron chi connectivity index (χ0n) is 9.06. The van der Waals surface area contributed by atoms with E-state index < -0.39 is 0 Å². The van der Waals surface area contributed by atoms with Gasteiger partial charge in [-0.3, -0.25) is 4.98 Å². The second-order valence-corrected chi connectivity index (χ2v) is 3.36. The van der Waals surface area contributed by atoms with Crippen molar-refractivity contribution >= 4 is 5.97 Å². The Morgan fingerprint density at radius 3 is 3.00 bits per heavy atom. The maximum absolute atomic E-state index is 11.6. The molecule has 0 amide bonds. The number of hydrogen-bond donors (Lipinski definition) is 1. The van der Waals surface area contributed by atoms with Gasteiger partial charge in [0.15, 0.2) is 0 Å². The zero-order valence-corrected chi connectivity index (χ0v) is 9.06. The number of pyridine rings is 1. The van der Waals surface area contributed by atoms with Crippen molar-refractivity contribution in [1.82, 2.24) is 4.98 Å². The monoisotopic (exact) mass is 208 g/mol. The SMILES string of the molecule is CCC(C)OC(=O)c1ccnc(CN)c1. The van der Waals surface area contributed by atoms with Crippen molar-refractivity contribution in [2.45, 2.75) is 32.9 Å². The van der Waals surface area contributed by atoms with Gasteiger partial charge >= 0.3 is 5.97 Å². The van der Waals surface area contributed by atoms with Crippen LogP contribution in [-0.4, -0.2) is 17.1 Å². The third-order valence-electron chi connectivity index (χ3n) is 2.14. The highest BCUT2D eigenvalue weighted by Crippen LogP contribution is 2.06. The minimum Gasteiger partial charge on any atom is -0.459 e. The topological polar surface area (TPSA) is 65.2 Å². The number of ether oxygens (including phenoxy) is 1. The summed E-state index contributed by atoms with van der Waals surface area (Å²) in [4.78, 5) is 15.6. The lowest BCUT2D eigenvalue weighted by molar-refractivity contribution is 0.0334. The van der Waals surface area contributed by atoms with E-state index in [0.29, 0.717) is 17.8 Å². The molecule has 1 heterocycles. The van der Waals surface area contributed by atoms with E-state index in [0.717, 1.165) is 6.42 Å². The minimum atomic E-state index is -0.318. The lowest BCUT2D eigenvalue weighted by atomic mass is 10.2. The van der Waals surface area contributed by atoms with E-state index in [1.165, 1.54) is 0 Å². The molecule has 0 bridgehead atoms. The quantitative estimate of drug-likeness (QED) is 0.761. The van der Waals surface area contributed by atoms with Crippen LogP contribution in [0.1, 0.15) is 36.3 Å². The van der Waals surface area contributed by atoms with Gasteiger partial charge in [-0.15, -0.1) is 0 Å². The normalized spacial score (nSPS) is 12.2. The Balaban J connectivity index is 2.73. The lowest BCUT2D eigenvalue weighted by Crippen LogP contribution is -2.14.